The van der Waals surface area contributed by atoms with Crippen LogP contribution in [0.3, 0.4) is 0 Å². The standard InChI is InChI=1S/C31H26Cl2N2O5S/c1-4-39-30(37)26-18(2)34-31-35(27(26)21-8-6-5-7-9-21)29(36)25(41-31)16-20-14-23(33)28(24(15-20)38-3)40-17-19-10-12-22(32)13-11-19/h5-16,27H,4,17H2,1-3H3/b25-16-/t27-/m1/s1. The van der Waals surface area contributed by atoms with Crippen LogP contribution in [0, 0.1) is 0 Å². The number of nitrogens with zero attached hydrogens (tertiary/aromatic N) is 2. The summed E-state index contributed by atoms with van der Waals surface area (Å²) in [4.78, 5) is 31.9. The summed E-state index contributed by atoms with van der Waals surface area (Å²) in [5.74, 6) is 0.317. The molecule has 10 heteroatoms. The number of benzene rings is 3. The van der Waals surface area contributed by atoms with Crippen molar-refractivity contribution in [2.75, 3.05) is 13.7 Å². The van der Waals surface area contributed by atoms with Crippen molar-refractivity contribution in [3.63, 3.8) is 0 Å². The highest BCUT2D eigenvalue weighted by Gasteiger charge is 2.33. The average Bonchev–Trinajstić information content (AvgIpc) is 3.26. The molecule has 0 fully saturated rings. The minimum absolute atomic E-state index is 0.212. The van der Waals surface area contributed by atoms with Crippen molar-refractivity contribution >= 4 is 46.6 Å². The Labute approximate surface area is 250 Å². The first-order chi connectivity index (χ1) is 19.8. The maximum absolute atomic E-state index is 13.8. The van der Waals surface area contributed by atoms with Gasteiger partial charge in [0, 0.05) is 5.02 Å². The van der Waals surface area contributed by atoms with Crippen LogP contribution in [0.5, 0.6) is 11.5 Å². The maximum atomic E-state index is 13.8. The number of halogens is 2. The highest BCUT2D eigenvalue weighted by atomic mass is 35.5. The van der Waals surface area contributed by atoms with E-state index in [4.69, 9.17) is 37.4 Å². The largest absolute Gasteiger partial charge is 0.493 e. The molecule has 0 spiro atoms. The third kappa shape index (κ3) is 5.95. The van der Waals surface area contributed by atoms with Gasteiger partial charge in [-0.05, 0) is 60.9 Å². The first kappa shape index (κ1) is 28.7. The number of rotatable bonds is 8. The fraction of sp³-hybridized carbons (Fsp3) is 0.194. The molecule has 0 unspecified atom stereocenters. The summed E-state index contributed by atoms with van der Waals surface area (Å²) in [7, 11) is 1.53. The number of fused-ring (bicyclic) bond motifs is 1. The number of hydrogen-bond donors (Lipinski definition) is 0. The molecular weight excluding hydrogens is 583 g/mol. The number of aromatic nitrogens is 1. The van der Waals surface area contributed by atoms with E-state index in [1.807, 2.05) is 42.5 Å². The average molecular weight is 610 g/mol. The molecule has 5 rings (SSSR count). The van der Waals surface area contributed by atoms with Crippen LogP contribution < -0.4 is 24.4 Å². The van der Waals surface area contributed by atoms with Crippen LogP contribution in [0.15, 0.2) is 87.8 Å². The van der Waals surface area contributed by atoms with Crippen molar-refractivity contribution in [1.29, 1.82) is 0 Å². The molecule has 1 aliphatic rings. The molecule has 0 saturated heterocycles. The third-order valence-electron chi connectivity index (χ3n) is 6.48. The van der Waals surface area contributed by atoms with Gasteiger partial charge in [-0.1, -0.05) is 77.0 Å². The predicted molar refractivity (Wildman–Crippen MR) is 161 cm³/mol. The molecule has 0 radical (unpaired) electrons. The van der Waals surface area contributed by atoms with Crippen molar-refractivity contribution in [2.24, 2.45) is 4.99 Å². The van der Waals surface area contributed by atoms with E-state index in [-0.39, 0.29) is 18.8 Å². The minimum Gasteiger partial charge on any atom is -0.493 e. The first-order valence-electron chi connectivity index (χ1n) is 12.8. The van der Waals surface area contributed by atoms with Gasteiger partial charge < -0.3 is 14.2 Å². The smallest absolute Gasteiger partial charge is 0.338 e. The lowest BCUT2D eigenvalue weighted by Gasteiger charge is -2.24. The van der Waals surface area contributed by atoms with E-state index in [0.29, 0.717) is 47.7 Å². The zero-order chi connectivity index (χ0) is 29.1. The Morgan fingerprint density at radius 3 is 2.51 bits per heavy atom. The Morgan fingerprint density at radius 1 is 1.10 bits per heavy atom. The molecule has 210 valence electrons. The van der Waals surface area contributed by atoms with Gasteiger partial charge in [-0.3, -0.25) is 9.36 Å². The van der Waals surface area contributed by atoms with Crippen molar-refractivity contribution in [3.8, 4) is 11.5 Å². The minimum atomic E-state index is -0.671. The lowest BCUT2D eigenvalue weighted by Crippen LogP contribution is -2.39. The molecular formula is C31H26Cl2N2O5S. The molecule has 4 aromatic rings. The molecule has 7 nitrogen and oxygen atoms in total. The van der Waals surface area contributed by atoms with E-state index < -0.39 is 12.0 Å². The normalized spacial score (nSPS) is 14.9. The second kappa shape index (κ2) is 12.3. The van der Waals surface area contributed by atoms with Crippen LogP contribution in [-0.4, -0.2) is 24.3 Å². The summed E-state index contributed by atoms with van der Waals surface area (Å²) < 4.78 is 18.9. The van der Waals surface area contributed by atoms with Gasteiger partial charge >= 0.3 is 5.97 Å². The van der Waals surface area contributed by atoms with Crippen LogP contribution in [-0.2, 0) is 16.1 Å². The van der Waals surface area contributed by atoms with Gasteiger partial charge in [-0.15, -0.1) is 0 Å². The Kier molecular flexibility index (Phi) is 8.63. The Hall–Kier alpha value is -3.85. The molecule has 41 heavy (non-hydrogen) atoms. The van der Waals surface area contributed by atoms with Gasteiger partial charge in [-0.2, -0.15) is 0 Å². The molecule has 1 aliphatic heterocycles. The van der Waals surface area contributed by atoms with Crippen LogP contribution >= 0.6 is 34.5 Å². The van der Waals surface area contributed by atoms with Crippen LogP contribution in [0.1, 0.15) is 36.6 Å². The van der Waals surface area contributed by atoms with Gasteiger partial charge in [0.1, 0.15) is 6.61 Å². The van der Waals surface area contributed by atoms with E-state index in [1.54, 1.807) is 48.8 Å². The van der Waals surface area contributed by atoms with E-state index in [1.165, 1.54) is 18.4 Å². The second-order valence-corrected chi connectivity index (χ2v) is 11.0. The number of carbonyl (C=O) groups excluding carboxylic acids is 1. The zero-order valence-electron chi connectivity index (χ0n) is 22.5. The molecule has 0 bridgehead atoms. The lowest BCUT2D eigenvalue weighted by atomic mass is 9.96. The number of methoxy groups -OCH3 is 1. The number of ether oxygens (including phenoxy) is 3. The summed E-state index contributed by atoms with van der Waals surface area (Å²) in [5.41, 5.74) is 2.91. The van der Waals surface area contributed by atoms with Crippen LogP contribution in [0.4, 0.5) is 0 Å². The first-order valence-corrected chi connectivity index (χ1v) is 14.4. The molecule has 0 N–H and O–H groups in total. The van der Waals surface area contributed by atoms with E-state index in [2.05, 4.69) is 4.99 Å². The summed E-state index contributed by atoms with van der Waals surface area (Å²) in [6.45, 7) is 3.98. The maximum Gasteiger partial charge on any atom is 0.338 e. The van der Waals surface area contributed by atoms with Gasteiger partial charge in [0.05, 0.1) is 40.6 Å². The van der Waals surface area contributed by atoms with Crippen LogP contribution in [0.2, 0.25) is 10.0 Å². The van der Waals surface area contributed by atoms with Crippen LogP contribution in [0.25, 0.3) is 6.08 Å². The lowest BCUT2D eigenvalue weighted by molar-refractivity contribution is -0.139. The zero-order valence-corrected chi connectivity index (χ0v) is 24.8. The summed E-state index contributed by atoms with van der Waals surface area (Å²) in [5, 5.41) is 0.973. The van der Waals surface area contributed by atoms with E-state index in [0.717, 1.165) is 11.1 Å². The molecule has 2 heterocycles. The number of carbonyl (C=O) groups is 1. The number of esters is 1. The monoisotopic (exact) mass is 608 g/mol. The van der Waals surface area contributed by atoms with Crippen molar-refractivity contribution in [1.82, 2.24) is 4.57 Å². The van der Waals surface area contributed by atoms with Gasteiger partial charge in [-0.25, -0.2) is 9.79 Å². The highest BCUT2D eigenvalue weighted by Crippen LogP contribution is 2.37. The van der Waals surface area contributed by atoms with Crippen molar-refractivity contribution in [2.45, 2.75) is 26.5 Å². The van der Waals surface area contributed by atoms with Gasteiger partial charge in [0.2, 0.25) is 0 Å². The van der Waals surface area contributed by atoms with E-state index in [9.17, 15) is 9.59 Å². The topological polar surface area (TPSA) is 79.1 Å². The Bertz CT molecular complexity index is 1810. The molecule has 1 atom stereocenters. The molecule has 0 amide bonds. The fourth-order valence-electron chi connectivity index (χ4n) is 4.59. The number of hydrogen-bond acceptors (Lipinski definition) is 7. The fourth-order valence-corrected chi connectivity index (χ4v) is 6.04. The van der Waals surface area contributed by atoms with Gasteiger partial charge in [0.15, 0.2) is 16.3 Å². The number of allylic oxidation sites excluding steroid dienone is 1. The van der Waals surface area contributed by atoms with Crippen molar-refractivity contribution in [3.05, 3.63) is 124 Å². The molecule has 1 aromatic heterocycles. The third-order valence-corrected chi connectivity index (χ3v) is 7.99. The Balaban J connectivity index is 1.56. The molecule has 0 saturated carbocycles. The van der Waals surface area contributed by atoms with Gasteiger partial charge in [0.25, 0.3) is 5.56 Å². The summed E-state index contributed by atoms with van der Waals surface area (Å²) in [6.07, 6.45) is 1.73. The predicted octanol–water partition coefficient (Wildman–Crippen LogP) is 5.69. The number of thiazole rings is 1. The SMILES string of the molecule is CCOC(=O)C1=C(C)N=c2s/c(=C\c3cc(Cl)c(OCc4ccc(Cl)cc4)c(OC)c3)c(=O)n2[C@@H]1c1ccccc1. The summed E-state index contributed by atoms with van der Waals surface area (Å²) >= 11 is 13.8. The van der Waals surface area contributed by atoms with E-state index >= 15 is 0 Å². The summed E-state index contributed by atoms with van der Waals surface area (Å²) in [6, 6.07) is 19.5. The quantitative estimate of drug-likeness (QED) is 0.240. The second-order valence-electron chi connectivity index (χ2n) is 9.16. The highest BCUT2D eigenvalue weighted by molar-refractivity contribution is 7.07. The molecule has 3 aromatic carbocycles. The Morgan fingerprint density at radius 2 is 1.83 bits per heavy atom. The molecule has 0 aliphatic carbocycles. The van der Waals surface area contributed by atoms with Crippen molar-refractivity contribution < 1.29 is 19.0 Å².